The normalized spacial score (nSPS) is 21.5. The molecule has 0 heterocycles. The highest BCUT2D eigenvalue weighted by molar-refractivity contribution is 7.89. The molecular formula is C15H21NO2S. The molecule has 19 heavy (non-hydrogen) atoms. The minimum absolute atomic E-state index is 0.169. The third-order valence-corrected chi connectivity index (χ3v) is 5.70. The zero-order valence-electron chi connectivity index (χ0n) is 11.1. The fourth-order valence-corrected chi connectivity index (χ4v) is 4.15. The van der Waals surface area contributed by atoms with Crippen molar-refractivity contribution in [2.45, 2.75) is 61.8 Å². The third kappa shape index (κ3) is 3.18. The van der Waals surface area contributed by atoms with E-state index in [2.05, 4.69) is 4.72 Å². The lowest BCUT2D eigenvalue weighted by molar-refractivity contribution is 0.443. The van der Waals surface area contributed by atoms with Crippen LogP contribution in [-0.2, 0) is 10.0 Å². The third-order valence-electron chi connectivity index (χ3n) is 4.17. The molecule has 0 aromatic heterocycles. The summed E-state index contributed by atoms with van der Waals surface area (Å²) in [6, 6.07) is 7.68. The zero-order chi connectivity index (χ0) is 13.3. The highest BCUT2D eigenvalue weighted by Gasteiger charge is 2.28. The highest BCUT2D eigenvalue weighted by atomic mass is 32.2. The number of hydrogen-bond acceptors (Lipinski definition) is 2. The molecule has 2 saturated carbocycles. The summed E-state index contributed by atoms with van der Waals surface area (Å²) < 4.78 is 26.8. The molecule has 2 aliphatic carbocycles. The maximum Gasteiger partial charge on any atom is 0.240 e. The summed E-state index contributed by atoms with van der Waals surface area (Å²) in [6.45, 7) is 0. The Labute approximate surface area is 115 Å². The van der Waals surface area contributed by atoms with Crippen LogP contribution in [0, 0.1) is 0 Å². The van der Waals surface area contributed by atoms with Crippen LogP contribution in [0.2, 0.25) is 0 Å². The van der Waals surface area contributed by atoms with Gasteiger partial charge in [-0.1, -0.05) is 31.4 Å². The van der Waals surface area contributed by atoms with Gasteiger partial charge in [0.05, 0.1) is 4.90 Å². The Morgan fingerprint density at radius 1 is 0.895 bits per heavy atom. The molecule has 3 nitrogen and oxygen atoms in total. The first-order valence-corrected chi connectivity index (χ1v) is 8.76. The lowest BCUT2D eigenvalue weighted by Gasteiger charge is -2.22. The Hall–Kier alpha value is -0.870. The first-order chi connectivity index (χ1) is 9.15. The molecule has 0 radical (unpaired) electrons. The van der Waals surface area contributed by atoms with Gasteiger partial charge in [0.25, 0.3) is 0 Å². The molecule has 3 rings (SSSR count). The molecule has 0 unspecified atom stereocenters. The van der Waals surface area contributed by atoms with Gasteiger partial charge in [-0.15, -0.1) is 0 Å². The van der Waals surface area contributed by atoms with Crippen molar-refractivity contribution in [3.63, 3.8) is 0 Å². The number of nitrogens with one attached hydrogen (secondary N) is 1. The summed E-state index contributed by atoms with van der Waals surface area (Å²) in [7, 11) is -3.29. The second kappa shape index (κ2) is 5.25. The van der Waals surface area contributed by atoms with E-state index in [1.165, 1.54) is 37.7 Å². The molecule has 1 N–H and O–H groups in total. The minimum atomic E-state index is -3.29. The molecule has 2 fully saturated rings. The predicted octanol–water partition coefficient (Wildman–Crippen LogP) is 3.18. The Kier molecular flexibility index (Phi) is 3.63. The standard InChI is InChI=1S/C15H21NO2S/c17-19(18,16-14-8-9-14)15-10-6-13(7-11-15)12-4-2-1-3-5-12/h6-7,10-12,14,16H,1-5,8-9H2. The van der Waals surface area contributed by atoms with E-state index in [0.717, 1.165) is 12.8 Å². The van der Waals surface area contributed by atoms with Crippen molar-refractivity contribution >= 4 is 10.0 Å². The van der Waals surface area contributed by atoms with E-state index in [-0.39, 0.29) is 6.04 Å². The van der Waals surface area contributed by atoms with Crippen molar-refractivity contribution in [3.8, 4) is 0 Å². The number of rotatable bonds is 4. The quantitative estimate of drug-likeness (QED) is 0.920. The van der Waals surface area contributed by atoms with Crippen molar-refractivity contribution in [1.29, 1.82) is 0 Å². The van der Waals surface area contributed by atoms with Gasteiger partial charge in [-0.25, -0.2) is 13.1 Å². The van der Waals surface area contributed by atoms with Crippen LogP contribution in [0.15, 0.2) is 29.2 Å². The lowest BCUT2D eigenvalue weighted by atomic mass is 9.84. The lowest BCUT2D eigenvalue weighted by Crippen LogP contribution is -2.25. The van der Waals surface area contributed by atoms with Gasteiger partial charge < -0.3 is 0 Å². The molecule has 104 valence electrons. The summed E-state index contributed by atoms with van der Waals surface area (Å²) in [5.74, 6) is 0.627. The molecule has 4 heteroatoms. The van der Waals surface area contributed by atoms with E-state index in [4.69, 9.17) is 0 Å². The molecule has 1 aromatic carbocycles. The Morgan fingerprint density at radius 3 is 2.11 bits per heavy atom. The average Bonchev–Trinajstić information content (AvgIpc) is 3.23. The minimum Gasteiger partial charge on any atom is -0.208 e. The van der Waals surface area contributed by atoms with Gasteiger partial charge in [-0.3, -0.25) is 0 Å². The van der Waals surface area contributed by atoms with E-state index in [1.54, 1.807) is 12.1 Å². The molecule has 0 saturated heterocycles. The maximum atomic E-state index is 12.1. The number of sulfonamides is 1. The van der Waals surface area contributed by atoms with E-state index < -0.39 is 10.0 Å². The average molecular weight is 279 g/mol. The van der Waals surface area contributed by atoms with Crippen LogP contribution in [-0.4, -0.2) is 14.5 Å². The van der Waals surface area contributed by atoms with Gasteiger partial charge in [0, 0.05) is 6.04 Å². The SMILES string of the molecule is O=S(=O)(NC1CC1)c1ccc(C2CCCCC2)cc1. The van der Waals surface area contributed by atoms with Gasteiger partial charge in [0.1, 0.15) is 0 Å². The van der Waals surface area contributed by atoms with E-state index >= 15 is 0 Å². The fourth-order valence-electron chi connectivity index (χ4n) is 2.84. The first kappa shape index (κ1) is 13.1. The molecule has 0 bridgehead atoms. The molecular weight excluding hydrogens is 258 g/mol. The van der Waals surface area contributed by atoms with Crippen LogP contribution < -0.4 is 4.72 Å². The molecule has 1 aromatic rings. The summed E-state index contributed by atoms with van der Waals surface area (Å²) in [5.41, 5.74) is 1.30. The van der Waals surface area contributed by atoms with Crippen molar-refractivity contribution in [2.24, 2.45) is 0 Å². The summed E-state index contributed by atoms with van der Waals surface area (Å²) in [4.78, 5) is 0.402. The van der Waals surface area contributed by atoms with Gasteiger partial charge >= 0.3 is 0 Å². The van der Waals surface area contributed by atoms with Crippen molar-refractivity contribution < 1.29 is 8.42 Å². The van der Waals surface area contributed by atoms with E-state index in [0.29, 0.717) is 10.8 Å². The largest absolute Gasteiger partial charge is 0.240 e. The molecule has 2 aliphatic rings. The van der Waals surface area contributed by atoms with Gasteiger partial charge in [-0.05, 0) is 49.3 Å². The Balaban J connectivity index is 1.74. The van der Waals surface area contributed by atoms with E-state index in [9.17, 15) is 8.42 Å². The summed E-state index contributed by atoms with van der Waals surface area (Å²) in [5, 5.41) is 0. The zero-order valence-corrected chi connectivity index (χ0v) is 12.0. The van der Waals surface area contributed by atoms with Gasteiger partial charge in [0.15, 0.2) is 0 Å². The van der Waals surface area contributed by atoms with Crippen molar-refractivity contribution in [1.82, 2.24) is 4.72 Å². The molecule has 0 aliphatic heterocycles. The Bertz CT molecular complexity index is 526. The summed E-state index contributed by atoms with van der Waals surface area (Å²) in [6.07, 6.45) is 8.37. The predicted molar refractivity (Wildman–Crippen MR) is 75.6 cm³/mol. The van der Waals surface area contributed by atoms with Crippen molar-refractivity contribution in [3.05, 3.63) is 29.8 Å². The first-order valence-electron chi connectivity index (χ1n) is 7.27. The maximum absolute atomic E-state index is 12.1. The van der Waals surface area contributed by atoms with Crippen LogP contribution in [0.5, 0.6) is 0 Å². The molecule has 0 spiro atoms. The van der Waals surface area contributed by atoms with Gasteiger partial charge in [0.2, 0.25) is 10.0 Å². The monoisotopic (exact) mass is 279 g/mol. The second-order valence-electron chi connectivity index (χ2n) is 5.80. The van der Waals surface area contributed by atoms with Crippen LogP contribution in [0.1, 0.15) is 56.4 Å². The fraction of sp³-hybridized carbons (Fsp3) is 0.600. The van der Waals surface area contributed by atoms with E-state index in [1.807, 2.05) is 12.1 Å². The van der Waals surface area contributed by atoms with Crippen molar-refractivity contribution in [2.75, 3.05) is 0 Å². The second-order valence-corrected chi connectivity index (χ2v) is 7.51. The number of hydrogen-bond donors (Lipinski definition) is 1. The molecule has 0 atom stereocenters. The van der Waals surface area contributed by atoms with Crippen LogP contribution in [0.4, 0.5) is 0 Å². The smallest absolute Gasteiger partial charge is 0.208 e. The highest BCUT2D eigenvalue weighted by Crippen LogP contribution is 2.33. The molecule has 0 amide bonds. The van der Waals surface area contributed by atoms with Gasteiger partial charge in [-0.2, -0.15) is 0 Å². The Morgan fingerprint density at radius 2 is 1.53 bits per heavy atom. The van der Waals surface area contributed by atoms with Crippen LogP contribution >= 0.6 is 0 Å². The number of benzene rings is 1. The van der Waals surface area contributed by atoms with Crippen LogP contribution in [0.3, 0.4) is 0 Å². The van der Waals surface area contributed by atoms with Crippen LogP contribution in [0.25, 0.3) is 0 Å². The summed E-state index contributed by atoms with van der Waals surface area (Å²) >= 11 is 0. The topological polar surface area (TPSA) is 46.2 Å².